The molecule has 0 spiro atoms. The molecule has 3 rings (SSSR count). The fraction of sp³-hybridized carbons (Fsp3) is 0.417. The van der Waals surface area contributed by atoms with Crippen molar-refractivity contribution >= 4 is 5.95 Å². The van der Waals surface area contributed by atoms with Gasteiger partial charge in [0.1, 0.15) is 0 Å². The molecule has 2 N–H and O–H groups in total. The second kappa shape index (κ2) is 4.83. The first kappa shape index (κ1) is 11.9. The van der Waals surface area contributed by atoms with Crippen LogP contribution in [0.25, 0.3) is 0 Å². The zero-order valence-electron chi connectivity index (χ0n) is 10.5. The fourth-order valence-corrected chi connectivity index (χ4v) is 2.28. The Hall–Kier alpha value is -2.18. The van der Waals surface area contributed by atoms with E-state index in [2.05, 4.69) is 25.5 Å². The average molecular weight is 263 g/mol. The first-order chi connectivity index (χ1) is 9.28. The molecule has 2 aromatic rings. The van der Waals surface area contributed by atoms with Gasteiger partial charge < -0.3 is 10.1 Å². The molecule has 2 aromatic heterocycles. The molecular weight excluding hydrogens is 249 g/mol. The van der Waals surface area contributed by atoms with Crippen LogP contribution in [0.1, 0.15) is 23.4 Å². The van der Waals surface area contributed by atoms with Crippen molar-refractivity contribution in [3.05, 3.63) is 29.0 Å². The molecule has 0 radical (unpaired) electrons. The molecule has 0 bridgehead atoms. The average Bonchev–Trinajstić information content (AvgIpc) is 3.01. The number of nitrogens with one attached hydrogen (secondary N) is 2. The zero-order valence-corrected chi connectivity index (χ0v) is 10.5. The van der Waals surface area contributed by atoms with Crippen molar-refractivity contribution in [3.8, 4) is 5.88 Å². The lowest BCUT2D eigenvalue weighted by molar-refractivity contribution is 0.367. The summed E-state index contributed by atoms with van der Waals surface area (Å²) in [6, 6.07) is 0. The third kappa shape index (κ3) is 2.23. The van der Waals surface area contributed by atoms with E-state index in [9.17, 15) is 4.39 Å². The molecule has 0 amide bonds. The van der Waals surface area contributed by atoms with E-state index >= 15 is 0 Å². The van der Waals surface area contributed by atoms with E-state index in [1.807, 2.05) is 0 Å². The van der Waals surface area contributed by atoms with Gasteiger partial charge in [-0.2, -0.15) is 14.5 Å². The summed E-state index contributed by atoms with van der Waals surface area (Å²) in [7, 11) is 1.37. The molecule has 0 atom stereocenters. The van der Waals surface area contributed by atoms with Crippen LogP contribution >= 0.6 is 0 Å². The molecule has 0 unspecified atom stereocenters. The number of methoxy groups -OCH3 is 1. The van der Waals surface area contributed by atoms with E-state index < -0.39 is 5.82 Å². The Morgan fingerprint density at radius 3 is 3.21 bits per heavy atom. The van der Waals surface area contributed by atoms with Gasteiger partial charge in [0.15, 0.2) is 0 Å². The van der Waals surface area contributed by atoms with Crippen LogP contribution in [0.4, 0.5) is 10.3 Å². The number of H-pyrrole nitrogens is 1. The molecule has 2 heterocycles. The van der Waals surface area contributed by atoms with Gasteiger partial charge in [-0.15, -0.1) is 0 Å². The van der Waals surface area contributed by atoms with Crippen molar-refractivity contribution in [1.29, 1.82) is 0 Å². The first-order valence-electron chi connectivity index (χ1n) is 6.13. The zero-order chi connectivity index (χ0) is 13.2. The van der Waals surface area contributed by atoms with Gasteiger partial charge in [0, 0.05) is 5.69 Å². The van der Waals surface area contributed by atoms with Gasteiger partial charge in [-0.25, -0.2) is 4.98 Å². The van der Waals surface area contributed by atoms with Crippen molar-refractivity contribution in [1.82, 2.24) is 20.2 Å². The SMILES string of the molecule is COc1nc(NCc2n[nH]c3c2CCC3)ncc1F. The smallest absolute Gasteiger partial charge is 0.255 e. The van der Waals surface area contributed by atoms with Crippen LogP contribution in [0.15, 0.2) is 6.20 Å². The lowest BCUT2D eigenvalue weighted by Crippen LogP contribution is -2.07. The number of nitrogens with zero attached hydrogens (tertiary/aromatic N) is 3. The predicted molar refractivity (Wildman–Crippen MR) is 66.5 cm³/mol. The van der Waals surface area contributed by atoms with Crippen molar-refractivity contribution in [3.63, 3.8) is 0 Å². The highest BCUT2D eigenvalue weighted by atomic mass is 19.1. The molecule has 19 heavy (non-hydrogen) atoms. The highest BCUT2D eigenvalue weighted by Gasteiger charge is 2.18. The fourth-order valence-electron chi connectivity index (χ4n) is 2.28. The highest BCUT2D eigenvalue weighted by molar-refractivity contribution is 5.34. The standard InChI is InChI=1S/C12H14FN5O/c1-19-11-8(13)5-14-12(16-11)15-6-10-7-3-2-4-9(7)17-18-10/h5H,2-4,6H2,1H3,(H,17,18)(H,14,15,16). The molecule has 6 nitrogen and oxygen atoms in total. The molecule has 0 saturated heterocycles. The second-order valence-corrected chi connectivity index (χ2v) is 4.39. The summed E-state index contributed by atoms with van der Waals surface area (Å²) < 4.78 is 18.0. The number of anilines is 1. The van der Waals surface area contributed by atoms with Gasteiger partial charge in [-0.05, 0) is 24.8 Å². The number of ether oxygens (including phenoxy) is 1. The lowest BCUT2D eigenvalue weighted by Gasteiger charge is -2.06. The number of aromatic nitrogens is 4. The van der Waals surface area contributed by atoms with Gasteiger partial charge in [0.25, 0.3) is 5.88 Å². The third-order valence-corrected chi connectivity index (χ3v) is 3.21. The molecular formula is C12H14FN5O. The van der Waals surface area contributed by atoms with Crippen LogP contribution in [0, 0.1) is 5.82 Å². The molecule has 1 aliphatic carbocycles. The normalized spacial score (nSPS) is 13.4. The molecule has 0 aliphatic heterocycles. The van der Waals surface area contributed by atoms with Crippen LogP contribution in [-0.4, -0.2) is 27.3 Å². The Kier molecular flexibility index (Phi) is 3.02. The summed E-state index contributed by atoms with van der Waals surface area (Å²) in [6.45, 7) is 0.515. The van der Waals surface area contributed by atoms with Gasteiger partial charge in [0.05, 0.1) is 25.5 Å². The number of rotatable bonds is 4. The molecule has 1 aliphatic rings. The Morgan fingerprint density at radius 2 is 2.37 bits per heavy atom. The van der Waals surface area contributed by atoms with E-state index in [1.165, 1.54) is 18.4 Å². The van der Waals surface area contributed by atoms with Crippen LogP contribution < -0.4 is 10.1 Å². The summed E-state index contributed by atoms with van der Waals surface area (Å²) in [5, 5.41) is 10.3. The maximum absolute atomic E-state index is 13.2. The maximum atomic E-state index is 13.2. The van der Waals surface area contributed by atoms with Gasteiger partial charge in [0.2, 0.25) is 11.8 Å². The number of hydrogen-bond acceptors (Lipinski definition) is 5. The molecule has 0 saturated carbocycles. The number of aryl methyl sites for hydroxylation is 1. The summed E-state index contributed by atoms with van der Waals surface area (Å²) >= 11 is 0. The van der Waals surface area contributed by atoms with E-state index in [0.717, 1.165) is 31.2 Å². The van der Waals surface area contributed by atoms with Gasteiger partial charge in [-0.3, -0.25) is 5.10 Å². The summed E-state index contributed by atoms with van der Waals surface area (Å²) in [4.78, 5) is 7.79. The van der Waals surface area contributed by atoms with Crippen LogP contribution in [-0.2, 0) is 19.4 Å². The monoisotopic (exact) mass is 263 g/mol. The van der Waals surface area contributed by atoms with Crippen LogP contribution in [0.2, 0.25) is 0 Å². The maximum Gasteiger partial charge on any atom is 0.255 e. The van der Waals surface area contributed by atoms with Crippen molar-refractivity contribution in [2.75, 3.05) is 12.4 Å². The first-order valence-corrected chi connectivity index (χ1v) is 6.13. The topological polar surface area (TPSA) is 75.7 Å². The van der Waals surface area contributed by atoms with Crippen molar-refractivity contribution in [2.45, 2.75) is 25.8 Å². The Morgan fingerprint density at radius 1 is 1.47 bits per heavy atom. The van der Waals surface area contributed by atoms with Crippen LogP contribution in [0.3, 0.4) is 0 Å². The summed E-state index contributed by atoms with van der Waals surface area (Å²) in [5.41, 5.74) is 3.47. The third-order valence-electron chi connectivity index (χ3n) is 3.21. The van der Waals surface area contributed by atoms with Gasteiger partial charge >= 0.3 is 0 Å². The van der Waals surface area contributed by atoms with Crippen LogP contribution in [0.5, 0.6) is 5.88 Å². The number of fused-ring (bicyclic) bond motifs is 1. The minimum Gasteiger partial charge on any atom is -0.479 e. The van der Waals surface area contributed by atoms with E-state index in [0.29, 0.717) is 12.5 Å². The highest BCUT2D eigenvalue weighted by Crippen LogP contribution is 2.23. The van der Waals surface area contributed by atoms with Crippen molar-refractivity contribution in [2.24, 2.45) is 0 Å². The van der Waals surface area contributed by atoms with E-state index in [-0.39, 0.29) is 5.88 Å². The summed E-state index contributed by atoms with van der Waals surface area (Å²) in [5.74, 6) is -0.313. The Balaban J connectivity index is 1.72. The van der Waals surface area contributed by atoms with E-state index in [4.69, 9.17) is 4.74 Å². The van der Waals surface area contributed by atoms with Crippen molar-refractivity contribution < 1.29 is 9.13 Å². The molecule has 0 aromatic carbocycles. The Bertz CT molecular complexity index is 598. The molecule has 7 heteroatoms. The van der Waals surface area contributed by atoms with Gasteiger partial charge in [-0.1, -0.05) is 0 Å². The lowest BCUT2D eigenvalue weighted by atomic mass is 10.2. The number of hydrogen-bond donors (Lipinski definition) is 2. The summed E-state index contributed by atoms with van der Waals surface area (Å²) in [6.07, 6.45) is 4.36. The number of halogens is 1. The minimum absolute atomic E-state index is 0.0650. The quantitative estimate of drug-likeness (QED) is 0.873. The number of aromatic amines is 1. The molecule has 0 fully saturated rings. The minimum atomic E-state index is -0.575. The Labute approximate surface area is 109 Å². The molecule has 100 valence electrons. The predicted octanol–water partition coefficient (Wildman–Crippen LogP) is 1.45. The van der Waals surface area contributed by atoms with E-state index in [1.54, 1.807) is 0 Å². The second-order valence-electron chi connectivity index (χ2n) is 4.39. The largest absolute Gasteiger partial charge is 0.479 e.